The van der Waals surface area contributed by atoms with Gasteiger partial charge in [-0.2, -0.15) is 4.31 Å². The van der Waals surface area contributed by atoms with E-state index in [0.717, 1.165) is 19.3 Å². The van der Waals surface area contributed by atoms with Crippen molar-refractivity contribution in [3.8, 4) is 5.75 Å². The van der Waals surface area contributed by atoms with Crippen LogP contribution in [0.2, 0.25) is 0 Å². The minimum absolute atomic E-state index is 0.0886. The number of carbonyl (C=O) groups is 1. The Hall–Kier alpha value is -1.60. The summed E-state index contributed by atoms with van der Waals surface area (Å²) < 4.78 is 31.6. The topological polar surface area (TPSA) is 75.7 Å². The normalized spacial score (nSPS) is 16.4. The summed E-state index contributed by atoms with van der Waals surface area (Å²) in [6, 6.07) is 6.17. The summed E-state index contributed by atoms with van der Waals surface area (Å²) in [6.45, 7) is 1.07. The molecule has 1 amide bonds. The molecule has 0 saturated carbocycles. The molecule has 1 aromatic carbocycles. The number of likely N-dealkylation sites (N-methyl/N-ethyl adjacent to an activating group) is 1. The largest absolute Gasteiger partial charge is 0.484 e. The molecule has 0 bridgehead atoms. The van der Waals surface area contributed by atoms with Crippen molar-refractivity contribution in [1.29, 1.82) is 0 Å². The lowest BCUT2D eigenvalue weighted by Gasteiger charge is -2.25. The summed E-state index contributed by atoms with van der Waals surface area (Å²) in [5, 5.41) is 2.45. The summed E-state index contributed by atoms with van der Waals surface area (Å²) in [6.07, 6.45) is 2.90. The summed E-state index contributed by atoms with van der Waals surface area (Å²) >= 11 is 0. The molecule has 2 rings (SSSR count). The van der Waals surface area contributed by atoms with Gasteiger partial charge in [-0.3, -0.25) is 4.79 Å². The van der Waals surface area contributed by atoms with E-state index in [9.17, 15) is 13.2 Å². The maximum atomic E-state index is 12.4. The average molecular weight is 312 g/mol. The van der Waals surface area contributed by atoms with Gasteiger partial charge in [0, 0.05) is 20.1 Å². The molecule has 0 aliphatic carbocycles. The van der Waals surface area contributed by atoms with E-state index in [1.165, 1.54) is 23.5 Å². The molecule has 1 N–H and O–H groups in total. The first kappa shape index (κ1) is 15.8. The Morgan fingerprint density at radius 2 is 1.81 bits per heavy atom. The van der Waals surface area contributed by atoms with Gasteiger partial charge in [0.1, 0.15) is 5.75 Å². The second kappa shape index (κ2) is 6.91. The second-order valence-corrected chi connectivity index (χ2v) is 6.84. The predicted molar refractivity (Wildman–Crippen MR) is 78.6 cm³/mol. The fourth-order valence-electron chi connectivity index (χ4n) is 2.18. The summed E-state index contributed by atoms with van der Waals surface area (Å²) in [7, 11) is -1.89. The minimum Gasteiger partial charge on any atom is -0.484 e. The van der Waals surface area contributed by atoms with Crippen LogP contribution in [0.15, 0.2) is 29.2 Å². The summed E-state index contributed by atoms with van der Waals surface area (Å²) in [5.41, 5.74) is 0. The van der Waals surface area contributed by atoms with Gasteiger partial charge >= 0.3 is 0 Å². The molecule has 0 radical (unpaired) electrons. The lowest BCUT2D eigenvalue weighted by atomic mass is 10.2. The zero-order chi connectivity index (χ0) is 15.3. The molecule has 116 valence electrons. The number of sulfonamides is 1. The molecule has 6 nitrogen and oxygen atoms in total. The first-order valence-electron chi connectivity index (χ1n) is 6.97. The Bertz CT molecular complexity index is 577. The maximum absolute atomic E-state index is 12.4. The fourth-order valence-corrected chi connectivity index (χ4v) is 3.70. The lowest BCUT2D eigenvalue weighted by molar-refractivity contribution is -0.122. The van der Waals surface area contributed by atoms with Crippen molar-refractivity contribution >= 4 is 15.9 Å². The van der Waals surface area contributed by atoms with Gasteiger partial charge in [0.05, 0.1) is 4.90 Å². The van der Waals surface area contributed by atoms with E-state index in [2.05, 4.69) is 5.32 Å². The Balaban J connectivity index is 2.05. The Kier molecular flexibility index (Phi) is 5.19. The van der Waals surface area contributed by atoms with Crippen LogP contribution in [0.5, 0.6) is 5.75 Å². The van der Waals surface area contributed by atoms with E-state index >= 15 is 0 Å². The highest BCUT2D eigenvalue weighted by Crippen LogP contribution is 2.22. The maximum Gasteiger partial charge on any atom is 0.257 e. The lowest BCUT2D eigenvalue weighted by Crippen LogP contribution is -2.35. The van der Waals surface area contributed by atoms with Crippen molar-refractivity contribution in [2.24, 2.45) is 0 Å². The molecule has 0 aromatic heterocycles. The molecule has 1 fully saturated rings. The quantitative estimate of drug-likeness (QED) is 0.879. The van der Waals surface area contributed by atoms with Gasteiger partial charge in [-0.1, -0.05) is 6.42 Å². The first-order chi connectivity index (χ1) is 10.0. The zero-order valence-electron chi connectivity index (χ0n) is 12.0. The van der Waals surface area contributed by atoms with Crippen LogP contribution in [0.1, 0.15) is 19.3 Å². The number of amides is 1. The molecular weight excluding hydrogens is 292 g/mol. The molecule has 0 unspecified atom stereocenters. The molecule has 21 heavy (non-hydrogen) atoms. The number of benzene rings is 1. The van der Waals surface area contributed by atoms with E-state index in [4.69, 9.17) is 4.74 Å². The van der Waals surface area contributed by atoms with Crippen LogP contribution in [0.25, 0.3) is 0 Å². The highest BCUT2D eigenvalue weighted by Gasteiger charge is 2.25. The standard InChI is InChI=1S/C14H20N2O4S/c1-15-14(17)11-20-12-5-7-13(8-6-12)21(18,19)16-9-3-2-4-10-16/h5-8H,2-4,9-11H2,1H3,(H,15,17). The molecule has 0 spiro atoms. The highest BCUT2D eigenvalue weighted by atomic mass is 32.2. The molecule has 1 aliphatic rings. The summed E-state index contributed by atoms with van der Waals surface area (Å²) in [4.78, 5) is 11.3. The second-order valence-electron chi connectivity index (χ2n) is 4.90. The molecule has 7 heteroatoms. The summed E-state index contributed by atoms with van der Waals surface area (Å²) in [5.74, 6) is 0.233. The van der Waals surface area contributed by atoms with Gasteiger partial charge in [0.2, 0.25) is 10.0 Å². The van der Waals surface area contributed by atoms with E-state index in [1.54, 1.807) is 12.1 Å². The van der Waals surface area contributed by atoms with Gasteiger partial charge in [-0.25, -0.2) is 8.42 Å². The monoisotopic (exact) mass is 312 g/mol. The van der Waals surface area contributed by atoms with Crippen LogP contribution >= 0.6 is 0 Å². The van der Waals surface area contributed by atoms with Crippen LogP contribution in [-0.2, 0) is 14.8 Å². The highest BCUT2D eigenvalue weighted by molar-refractivity contribution is 7.89. The van der Waals surface area contributed by atoms with Crippen molar-refractivity contribution in [2.45, 2.75) is 24.2 Å². The third kappa shape index (κ3) is 3.95. The van der Waals surface area contributed by atoms with Crippen LogP contribution in [-0.4, -0.2) is 45.4 Å². The molecule has 1 aromatic rings. The number of hydrogen-bond donors (Lipinski definition) is 1. The van der Waals surface area contributed by atoms with Crippen LogP contribution < -0.4 is 10.1 Å². The number of piperidine rings is 1. The number of nitrogens with one attached hydrogen (secondary N) is 1. The Labute approximate surface area is 125 Å². The fraction of sp³-hybridized carbons (Fsp3) is 0.500. The third-order valence-corrected chi connectivity index (χ3v) is 5.34. The van der Waals surface area contributed by atoms with Crippen LogP contribution in [0.4, 0.5) is 0 Å². The van der Waals surface area contributed by atoms with E-state index in [-0.39, 0.29) is 17.4 Å². The zero-order valence-corrected chi connectivity index (χ0v) is 12.9. The van der Waals surface area contributed by atoms with Gasteiger partial charge in [0.25, 0.3) is 5.91 Å². The van der Waals surface area contributed by atoms with Crippen LogP contribution in [0, 0.1) is 0 Å². The minimum atomic E-state index is -3.42. The predicted octanol–water partition coefficient (Wildman–Crippen LogP) is 0.986. The van der Waals surface area contributed by atoms with Crippen molar-refractivity contribution in [3.05, 3.63) is 24.3 Å². The number of rotatable bonds is 5. The van der Waals surface area contributed by atoms with Crippen molar-refractivity contribution in [2.75, 3.05) is 26.7 Å². The Morgan fingerprint density at radius 1 is 1.19 bits per heavy atom. The number of ether oxygens (including phenoxy) is 1. The number of hydrogen-bond acceptors (Lipinski definition) is 4. The van der Waals surface area contributed by atoms with Gasteiger partial charge in [0.15, 0.2) is 6.61 Å². The van der Waals surface area contributed by atoms with Crippen molar-refractivity contribution < 1.29 is 17.9 Å². The number of nitrogens with zero attached hydrogens (tertiary/aromatic N) is 1. The SMILES string of the molecule is CNC(=O)COc1ccc(S(=O)(=O)N2CCCCC2)cc1. The molecular formula is C14H20N2O4S. The van der Waals surface area contributed by atoms with Gasteiger partial charge in [-0.05, 0) is 37.1 Å². The van der Waals surface area contributed by atoms with E-state index in [1.807, 2.05) is 0 Å². The van der Waals surface area contributed by atoms with Crippen molar-refractivity contribution in [3.63, 3.8) is 0 Å². The van der Waals surface area contributed by atoms with Crippen LogP contribution in [0.3, 0.4) is 0 Å². The molecule has 0 atom stereocenters. The average Bonchev–Trinajstić information content (AvgIpc) is 2.53. The molecule has 1 aliphatic heterocycles. The van der Waals surface area contributed by atoms with Gasteiger partial charge < -0.3 is 10.1 Å². The Morgan fingerprint density at radius 3 is 2.38 bits per heavy atom. The first-order valence-corrected chi connectivity index (χ1v) is 8.41. The van der Waals surface area contributed by atoms with Gasteiger partial charge in [-0.15, -0.1) is 0 Å². The van der Waals surface area contributed by atoms with E-state index in [0.29, 0.717) is 18.8 Å². The number of carbonyl (C=O) groups excluding carboxylic acids is 1. The third-order valence-electron chi connectivity index (χ3n) is 3.43. The van der Waals surface area contributed by atoms with E-state index < -0.39 is 10.0 Å². The molecule has 1 heterocycles. The molecule has 1 saturated heterocycles. The smallest absolute Gasteiger partial charge is 0.257 e. The van der Waals surface area contributed by atoms with Crippen molar-refractivity contribution in [1.82, 2.24) is 9.62 Å².